The van der Waals surface area contributed by atoms with Gasteiger partial charge < -0.3 is 14.2 Å². The molecule has 1 fully saturated rings. The normalized spacial score (nSPS) is 19.8. The van der Waals surface area contributed by atoms with Crippen molar-refractivity contribution in [2.75, 3.05) is 20.1 Å². The van der Waals surface area contributed by atoms with E-state index >= 15 is 0 Å². The highest BCUT2D eigenvalue weighted by molar-refractivity contribution is 5.35. The Bertz CT molecular complexity index is 973. The SMILES string of the molecule is CN1CCC(OC2c3ccccc3CCn3cc(CCc4ccccc4)nc32)CC1. The topological polar surface area (TPSA) is 30.3 Å². The van der Waals surface area contributed by atoms with E-state index < -0.39 is 0 Å². The van der Waals surface area contributed by atoms with Crippen molar-refractivity contribution in [1.82, 2.24) is 14.5 Å². The summed E-state index contributed by atoms with van der Waals surface area (Å²) >= 11 is 0. The molecule has 2 aromatic carbocycles. The highest BCUT2D eigenvalue weighted by Crippen LogP contribution is 2.34. The quantitative estimate of drug-likeness (QED) is 0.634. The van der Waals surface area contributed by atoms with E-state index in [1.54, 1.807) is 0 Å². The van der Waals surface area contributed by atoms with E-state index in [0.717, 1.165) is 57.6 Å². The first-order valence-corrected chi connectivity index (χ1v) is 11.3. The molecule has 2 aliphatic heterocycles. The number of piperidine rings is 1. The van der Waals surface area contributed by atoms with Crippen molar-refractivity contribution in [2.45, 2.75) is 50.9 Å². The van der Waals surface area contributed by atoms with Gasteiger partial charge in [0, 0.05) is 25.8 Å². The van der Waals surface area contributed by atoms with Gasteiger partial charge in [-0.2, -0.15) is 0 Å². The molecule has 3 aromatic rings. The van der Waals surface area contributed by atoms with Crippen molar-refractivity contribution < 1.29 is 4.74 Å². The lowest BCUT2D eigenvalue weighted by molar-refractivity contribution is -0.0276. The number of rotatable bonds is 5. The Morgan fingerprint density at radius 2 is 1.70 bits per heavy atom. The van der Waals surface area contributed by atoms with Crippen LogP contribution in [-0.2, 0) is 30.5 Å². The number of likely N-dealkylation sites (tertiary alicyclic amines) is 1. The summed E-state index contributed by atoms with van der Waals surface area (Å²) in [6, 6.07) is 19.5. The minimum absolute atomic E-state index is 0.0671. The van der Waals surface area contributed by atoms with Crippen molar-refractivity contribution >= 4 is 0 Å². The van der Waals surface area contributed by atoms with Crippen molar-refractivity contribution in [1.29, 1.82) is 0 Å². The van der Waals surface area contributed by atoms with Gasteiger partial charge in [-0.1, -0.05) is 54.6 Å². The molecule has 156 valence electrons. The average Bonchev–Trinajstić information content (AvgIpc) is 3.14. The van der Waals surface area contributed by atoms with Gasteiger partial charge in [-0.05, 0) is 55.8 Å². The van der Waals surface area contributed by atoms with Gasteiger partial charge in [-0.3, -0.25) is 0 Å². The molecule has 1 saturated heterocycles. The largest absolute Gasteiger partial charge is 0.362 e. The van der Waals surface area contributed by atoms with Gasteiger partial charge >= 0.3 is 0 Å². The van der Waals surface area contributed by atoms with Gasteiger partial charge in [-0.25, -0.2) is 4.98 Å². The standard InChI is InChI=1S/C26H31N3O/c1-28-16-14-23(15-17-28)30-25-24-10-6-5-9-21(24)13-18-29-19-22(27-26(25)29)12-11-20-7-3-2-4-8-20/h2-10,19,23,25H,11-18H2,1H3. The number of hydrogen-bond acceptors (Lipinski definition) is 3. The minimum atomic E-state index is -0.0671. The van der Waals surface area contributed by atoms with Crippen molar-refractivity contribution in [3.8, 4) is 0 Å². The summed E-state index contributed by atoms with van der Waals surface area (Å²) < 4.78 is 9.13. The summed E-state index contributed by atoms with van der Waals surface area (Å²) in [5.41, 5.74) is 5.23. The maximum atomic E-state index is 6.78. The number of aromatic nitrogens is 2. The maximum absolute atomic E-state index is 6.78. The van der Waals surface area contributed by atoms with E-state index in [2.05, 4.69) is 77.3 Å². The summed E-state index contributed by atoms with van der Waals surface area (Å²) in [7, 11) is 2.20. The second kappa shape index (κ2) is 8.75. The van der Waals surface area contributed by atoms with Crippen LogP contribution in [0.5, 0.6) is 0 Å². The molecule has 4 nitrogen and oxygen atoms in total. The number of aryl methyl sites for hydroxylation is 4. The van der Waals surface area contributed by atoms with Gasteiger partial charge in [-0.15, -0.1) is 0 Å². The summed E-state index contributed by atoms with van der Waals surface area (Å²) in [6.07, 6.45) is 7.70. The summed E-state index contributed by atoms with van der Waals surface area (Å²) in [5.74, 6) is 1.09. The summed E-state index contributed by atoms with van der Waals surface area (Å²) in [4.78, 5) is 7.51. The molecule has 0 N–H and O–H groups in total. The highest BCUT2D eigenvalue weighted by Gasteiger charge is 2.30. The van der Waals surface area contributed by atoms with E-state index in [4.69, 9.17) is 9.72 Å². The van der Waals surface area contributed by atoms with Crippen molar-refractivity contribution in [2.24, 2.45) is 0 Å². The molecule has 0 aliphatic carbocycles. The lowest BCUT2D eigenvalue weighted by Gasteiger charge is -2.32. The summed E-state index contributed by atoms with van der Waals surface area (Å²) in [6.45, 7) is 3.18. The van der Waals surface area contributed by atoms with Gasteiger partial charge in [0.2, 0.25) is 0 Å². The second-order valence-corrected chi connectivity index (χ2v) is 8.74. The fourth-order valence-corrected chi connectivity index (χ4v) is 4.76. The van der Waals surface area contributed by atoms with Crippen LogP contribution in [0.15, 0.2) is 60.8 Å². The first-order valence-electron chi connectivity index (χ1n) is 11.3. The van der Waals surface area contributed by atoms with Gasteiger partial charge in [0.25, 0.3) is 0 Å². The van der Waals surface area contributed by atoms with E-state index in [9.17, 15) is 0 Å². The second-order valence-electron chi connectivity index (χ2n) is 8.74. The number of nitrogens with zero attached hydrogens (tertiary/aromatic N) is 3. The molecule has 0 bridgehead atoms. The predicted molar refractivity (Wildman–Crippen MR) is 120 cm³/mol. The first kappa shape index (κ1) is 19.5. The minimum Gasteiger partial charge on any atom is -0.362 e. The summed E-state index contributed by atoms with van der Waals surface area (Å²) in [5, 5.41) is 0. The number of ether oxygens (including phenoxy) is 1. The fourth-order valence-electron chi connectivity index (χ4n) is 4.76. The Hall–Kier alpha value is -2.43. The monoisotopic (exact) mass is 401 g/mol. The number of imidazole rings is 1. The molecule has 0 spiro atoms. The zero-order valence-corrected chi connectivity index (χ0v) is 17.8. The molecule has 30 heavy (non-hydrogen) atoms. The third kappa shape index (κ3) is 4.21. The average molecular weight is 402 g/mol. The van der Waals surface area contributed by atoms with Gasteiger partial charge in [0.1, 0.15) is 11.9 Å². The van der Waals surface area contributed by atoms with Crippen molar-refractivity contribution in [3.63, 3.8) is 0 Å². The smallest absolute Gasteiger partial charge is 0.142 e. The van der Waals surface area contributed by atoms with Gasteiger partial charge in [0.15, 0.2) is 0 Å². The van der Waals surface area contributed by atoms with Crippen LogP contribution in [0.4, 0.5) is 0 Å². The number of fused-ring (bicyclic) bond motifs is 2. The van der Waals surface area contributed by atoms with Gasteiger partial charge in [0.05, 0.1) is 11.8 Å². The Morgan fingerprint density at radius 3 is 2.53 bits per heavy atom. The molecular formula is C26H31N3O. The molecule has 5 rings (SSSR count). The van der Waals surface area contributed by atoms with Crippen LogP contribution in [0.25, 0.3) is 0 Å². The highest BCUT2D eigenvalue weighted by atomic mass is 16.5. The third-order valence-electron chi connectivity index (χ3n) is 6.56. The molecule has 0 saturated carbocycles. The van der Waals surface area contributed by atoms with E-state index in [1.165, 1.54) is 22.4 Å². The molecule has 1 aromatic heterocycles. The van der Waals surface area contributed by atoms with Crippen LogP contribution >= 0.6 is 0 Å². The Morgan fingerprint density at radius 1 is 0.933 bits per heavy atom. The maximum Gasteiger partial charge on any atom is 0.142 e. The molecular weight excluding hydrogens is 370 g/mol. The molecule has 1 unspecified atom stereocenters. The van der Waals surface area contributed by atoms with E-state index in [1.807, 2.05) is 0 Å². The van der Waals surface area contributed by atoms with Crippen LogP contribution < -0.4 is 0 Å². The number of hydrogen-bond donors (Lipinski definition) is 0. The lowest BCUT2D eigenvalue weighted by Crippen LogP contribution is -2.35. The predicted octanol–water partition coefficient (Wildman–Crippen LogP) is 4.42. The molecule has 4 heteroatoms. The molecule has 2 aliphatic rings. The van der Waals surface area contributed by atoms with Crippen LogP contribution in [0, 0.1) is 0 Å². The zero-order valence-electron chi connectivity index (χ0n) is 17.8. The first-order chi connectivity index (χ1) is 14.8. The molecule has 3 heterocycles. The van der Waals surface area contributed by atoms with E-state index in [0.29, 0.717) is 6.10 Å². The van der Waals surface area contributed by atoms with Crippen LogP contribution in [0.1, 0.15) is 47.2 Å². The molecule has 1 atom stereocenters. The van der Waals surface area contributed by atoms with Crippen LogP contribution in [-0.4, -0.2) is 40.7 Å². The van der Waals surface area contributed by atoms with Crippen LogP contribution in [0.2, 0.25) is 0 Å². The Labute approximate surface area is 179 Å². The van der Waals surface area contributed by atoms with Crippen molar-refractivity contribution in [3.05, 3.63) is 89.0 Å². The third-order valence-corrected chi connectivity index (χ3v) is 6.56. The molecule has 0 radical (unpaired) electrons. The molecule has 0 amide bonds. The fraction of sp³-hybridized carbons (Fsp3) is 0.423. The van der Waals surface area contributed by atoms with Crippen LogP contribution in [0.3, 0.4) is 0 Å². The Balaban J connectivity index is 1.41. The lowest BCUT2D eigenvalue weighted by atomic mass is 10.00. The zero-order chi connectivity index (χ0) is 20.3. The number of benzene rings is 2. The Kier molecular flexibility index (Phi) is 5.69. The van der Waals surface area contributed by atoms with E-state index in [-0.39, 0.29) is 6.10 Å².